The third kappa shape index (κ3) is 83.7. The Morgan fingerprint density at radius 3 is 0.569 bits per heavy atom. The standard InChI is InChI=1S/3C8H18O.3C7H16O.C7H16.C6H14O2.C6H14/c3*1-6(2)8(5-9)7(3)4;1-4-7(5-8)6(2)3;2*1-4-7(8)5-6(2)3;1-4-5-6-7(2)3;1-5(2)3-6(8)4-7;1-4-5-6(2)3/h3*6-9H,5H2,1-4H3;3*6-8H,4-5H2,1-3H3;7H,4-6H2,1-3H3;5-8H,3-4H2,1-2H3;6H,4-5H2,1-3H3/t;;;;7-;;;6-;/m....1..1./s1. The first kappa shape index (κ1) is 91.1. The highest BCUT2D eigenvalue weighted by Gasteiger charge is 2.17. The highest BCUT2D eigenvalue weighted by Crippen LogP contribution is 2.21. The lowest BCUT2D eigenvalue weighted by Crippen LogP contribution is -2.19. The molecule has 0 aliphatic rings. The fourth-order valence-corrected chi connectivity index (χ4v) is 7.62. The average molecular weight is 1040 g/mol. The molecule has 0 bridgehead atoms. The van der Waals surface area contributed by atoms with E-state index in [2.05, 4.69) is 173 Å². The minimum absolute atomic E-state index is 0.0741. The van der Waals surface area contributed by atoms with E-state index in [1.54, 1.807) is 0 Å². The van der Waals surface area contributed by atoms with E-state index in [0.717, 1.165) is 43.9 Å². The Morgan fingerprint density at radius 1 is 0.264 bits per heavy atom. The summed E-state index contributed by atoms with van der Waals surface area (Å²) in [6, 6.07) is 0. The van der Waals surface area contributed by atoms with Crippen molar-refractivity contribution >= 4 is 0 Å². The Morgan fingerprint density at radius 2 is 0.528 bits per heavy atom. The van der Waals surface area contributed by atoms with E-state index in [1.165, 1.54) is 32.1 Å². The molecule has 0 saturated heterocycles. The molecule has 0 amide bonds. The van der Waals surface area contributed by atoms with Crippen LogP contribution < -0.4 is 0 Å². The Balaban J connectivity index is -0.0000000888. The van der Waals surface area contributed by atoms with Crippen LogP contribution in [0.4, 0.5) is 0 Å². The molecule has 0 aliphatic carbocycles. The molecular formula is C64H146O8. The molecule has 8 heteroatoms. The largest absolute Gasteiger partial charge is 0.396 e. The molecule has 0 aliphatic heterocycles. The second kappa shape index (κ2) is 65.0. The molecule has 8 N–H and O–H groups in total. The Kier molecular flexibility index (Phi) is 82.2. The van der Waals surface area contributed by atoms with Crippen LogP contribution >= 0.6 is 0 Å². The first-order chi connectivity index (χ1) is 33.0. The van der Waals surface area contributed by atoms with Gasteiger partial charge in [0, 0.05) is 26.4 Å². The van der Waals surface area contributed by atoms with Gasteiger partial charge >= 0.3 is 0 Å². The van der Waals surface area contributed by atoms with Crippen molar-refractivity contribution in [2.75, 3.05) is 33.0 Å². The lowest BCUT2D eigenvalue weighted by atomic mass is 9.86. The maximum absolute atomic E-state index is 9.03. The van der Waals surface area contributed by atoms with Gasteiger partial charge in [-0.2, -0.15) is 0 Å². The highest BCUT2D eigenvalue weighted by molar-refractivity contribution is 4.66. The van der Waals surface area contributed by atoms with Crippen LogP contribution in [0, 0.1) is 94.7 Å². The lowest BCUT2D eigenvalue weighted by molar-refractivity contribution is 0.0782. The number of aliphatic hydroxyl groups is 8. The zero-order valence-corrected chi connectivity index (χ0v) is 54.9. The van der Waals surface area contributed by atoms with Gasteiger partial charge < -0.3 is 40.9 Å². The van der Waals surface area contributed by atoms with E-state index in [9.17, 15) is 0 Å². The van der Waals surface area contributed by atoms with Gasteiger partial charge in [-0.3, -0.25) is 0 Å². The topological polar surface area (TPSA) is 162 Å². The van der Waals surface area contributed by atoms with Crippen LogP contribution in [-0.4, -0.2) is 92.2 Å². The van der Waals surface area contributed by atoms with E-state index in [1.807, 2.05) is 27.7 Å². The van der Waals surface area contributed by atoms with Crippen molar-refractivity contribution in [2.45, 2.75) is 290 Å². The van der Waals surface area contributed by atoms with Crippen molar-refractivity contribution in [3.05, 3.63) is 0 Å². The van der Waals surface area contributed by atoms with Crippen molar-refractivity contribution in [2.24, 2.45) is 94.7 Å². The maximum atomic E-state index is 9.03. The predicted octanol–water partition coefficient (Wildman–Crippen LogP) is 16.6. The average Bonchev–Trinajstić information content (AvgIpc) is 3.24. The number of aliphatic hydroxyl groups excluding tert-OH is 8. The molecule has 0 rings (SSSR count). The van der Waals surface area contributed by atoms with E-state index in [4.69, 9.17) is 40.9 Å². The van der Waals surface area contributed by atoms with Gasteiger partial charge in [-0.15, -0.1) is 0 Å². The third-order valence-corrected chi connectivity index (χ3v) is 12.9. The highest BCUT2D eigenvalue weighted by atomic mass is 16.3. The lowest BCUT2D eigenvalue weighted by Gasteiger charge is -2.21. The molecule has 4 atom stereocenters. The van der Waals surface area contributed by atoms with Crippen LogP contribution in [0.1, 0.15) is 271 Å². The van der Waals surface area contributed by atoms with Gasteiger partial charge in [0.1, 0.15) is 0 Å². The molecule has 0 radical (unpaired) electrons. The van der Waals surface area contributed by atoms with Gasteiger partial charge in [-0.05, 0) is 127 Å². The molecule has 72 heavy (non-hydrogen) atoms. The minimum atomic E-state index is -0.519. The fourth-order valence-electron chi connectivity index (χ4n) is 7.62. The quantitative estimate of drug-likeness (QED) is 0.0425. The number of rotatable bonds is 26. The molecule has 0 aromatic carbocycles. The molecule has 450 valence electrons. The predicted molar refractivity (Wildman–Crippen MR) is 325 cm³/mol. The molecule has 2 unspecified atom stereocenters. The second-order valence-electron chi connectivity index (χ2n) is 25.2. The summed E-state index contributed by atoms with van der Waals surface area (Å²) in [5, 5.41) is 70.5. The number of unbranched alkanes of at least 4 members (excludes halogenated alkanes) is 1. The van der Waals surface area contributed by atoms with E-state index < -0.39 is 6.10 Å². The van der Waals surface area contributed by atoms with E-state index in [-0.39, 0.29) is 18.8 Å². The SMILES string of the molecule is CC(C)C(CO)C(C)C.CC(C)C(CO)C(C)C.CC(C)C(CO)C(C)C.CC(C)C[C@@H](O)CO.CCC(CO)C(C)C.CCC(O)CC(C)C.CCCC(C)C.CCCCC(C)C.CC[C@@H](O)CC(C)C. The van der Waals surface area contributed by atoms with Crippen LogP contribution in [0.25, 0.3) is 0 Å². The van der Waals surface area contributed by atoms with Gasteiger partial charge in [-0.1, -0.05) is 239 Å². The molecule has 0 spiro atoms. The third-order valence-electron chi connectivity index (χ3n) is 12.9. The summed E-state index contributed by atoms with van der Waals surface area (Å²) in [6.07, 6.45) is 11.6. The van der Waals surface area contributed by atoms with Gasteiger partial charge in [0.05, 0.1) is 24.9 Å². The zero-order valence-electron chi connectivity index (χ0n) is 54.9. The maximum Gasteiger partial charge on any atom is 0.0773 e. The van der Waals surface area contributed by atoms with Crippen LogP contribution in [0.2, 0.25) is 0 Å². The normalized spacial score (nSPS) is 12.8. The minimum Gasteiger partial charge on any atom is -0.396 e. The Bertz CT molecular complexity index is 802. The van der Waals surface area contributed by atoms with Crippen molar-refractivity contribution in [1.29, 1.82) is 0 Å². The van der Waals surface area contributed by atoms with Gasteiger partial charge in [0.2, 0.25) is 0 Å². The van der Waals surface area contributed by atoms with Crippen molar-refractivity contribution in [1.82, 2.24) is 0 Å². The molecular weight excluding hydrogens is 897 g/mol. The monoisotopic (exact) mass is 1040 g/mol. The molecule has 0 fully saturated rings. The van der Waals surface area contributed by atoms with Crippen LogP contribution in [0.15, 0.2) is 0 Å². The van der Waals surface area contributed by atoms with E-state index in [0.29, 0.717) is 116 Å². The van der Waals surface area contributed by atoms with Crippen molar-refractivity contribution in [3.8, 4) is 0 Å². The molecule has 0 aromatic rings. The Hall–Kier alpha value is -0.320. The van der Waals surface area contributed by atoms with Gasteiger partial charge in [0.25, 0.3) is 0 Å². The number of hydrogen-bond donors (Lipinski definition) is 8. The summed E-state index contributed by atoms with van der Waals surface area (Å²) < 4.78 is 0. The van der Waals surface area contributed by atoms with E-state index >= 15 is 0 Å². The van der Waals surface area contributed by atoms with Crippen molar-refractivity contribution in [3.63, 3.8) is 0 Å². The summed E-state index contributed by atoms with van der Waals surface area (Å²) >= 11 is 0. The summed E-state index contributed by atoms with van der Waals surface area (Å²) in [7, 11) is 0. The summed E-state index contributed by atoms with van der Waals surface area (Å²) in [4.78, 5) is 0. The summed E-state index contributed by atoms with van der Waals surface area (Å²) in [6.45, 7) is 63.5. The second-order valence-corrected chi connectivity index (χ2v) is 25.2. The van der Waals surface area contributed by atoms with Crippen LogP contribution in [0.5, 0.6) is 0 Å². The summed E-state index contributed by atoms with van der Waals surface area (Å²) in [5.74, 6) is 9.74. The van der Waals surface area contributed by atoms with Gasteiger partial charge in [0.15, 0.2) is 0 Å². The summed E-state index contributed by atoms with van der Waals surface area (Å²) in [5.41, 5.74) is 0. The Labute approximate surface area is 456 Å². The van der Waals surface area contributed by atoms with Crippen molar-refractivity contribution < 1.29 is 40.9 Å². The first-order valence-electron chi connectivity index (χ1n) is 30.1. The zero-order chi connectivity index (χ0) is 59.3. The van der Waals surface area contributed by atoms with Gasteiger partial charge in [-0.25, -0.2) is 0 Å². The van der Waals surface area contributed by atoms with Crippen LogP contribution in [0.3, 0.4) is 0 Å². The number of hydrogen-bond acceptors (Lipinski definition) is 8. The first-order valence-corrected chi connectivity index (χ1v) is 30.1. The molecule has 8 nitrogen and oxygen atoms in total. The fraction of sp³-hybridized carbons (Fsp3) is 1.00. The smallest absolute Gasteiger partial charge is 0.0773 e. The van der Waals surface area contributed by atoms with Crippen LogP contribution in [-0.2, 0) is 0 Å². The molecule has 0 saturated carbocycles. The molecule has 0 aromatic heterocycles. The molecule has 0 heterocycles.